The summed E-state index contributed by atoms with van der Waals surface area (Å²) < 4.78 is 57.3. The fourth-order valence-corrected chi connectivity index (χ4v) is 2.73. The van der Waals surface area contributed by atoms with Crippen LogP contribution in [-0.2, 0) is 14.8 Å². The quantitative estimate of drug-likeness (QED) is 0.839. The largest absolute Gasteiger partial charge is 0.482 e. The molecule has 0 aliphatic heterocycles. The molecule has 122 valence electrons. The van der Waals surface area contributed by atoms with Crippen LogP contribution in [0.1, 0.15) is 0 Å². The average Bonchev–Trinajstić information content (AvgIpc) is 2.44. The van der Waals surface area contributed by atoms with E-state index in [1.807, 2.05) is 4.72 Å². The third-order valence-electron chi connectivity index (χ3n) is 2.61. The lowest BCUT2D eigenvalue weighted by atomic mass is 10.3. The van der Waals surface area contributed by atoms with Gasteiger partial charge in [-0.1, -0.05) is 0 Å². The Morgan fingerprint density at radius 2 is 1.65 bits per heavy atom. The molecule has 23 heavy (non-hydrogen) atoms. The molecular weight excluding hydrogens is 332 g/mol. The zero-order valence-electron chi connectivity index (χ0n) is 11.5. The number of sulfonamides is 1. The molecule has 9 heteroatoms. The average molecular weight is 343 g/mol. The van der Waals surface area contributed by atoms with E-state index in [4.69, 9.17) is 9.84 Å². The molecule has 0 bridgehead atoms. The van der Waals surface area contributed by atoms with Gasteiger partial charge < -0.3 is 9.84 Å². The van der Waals surface area contributed by atoms with Crippen LogP contribution in [0.15, 0.2) is 47.4 Å². The van der Waals surface area contributed by atoms with Gasteiger partial charge in [-0.25, -0.2) is 22.0 Å². The summed E-state index contributed by atoms with van der Waals surface area (Å²) in [7, 11) is -4.05. The van der Waals surface area contributed by atoms with Crippen LogP contribution in [0.4, 0.5) is 14.5 Å². The van der Waals surface area contributed by atoms with Crippen LogP contribution < -0.4 is 9.46 Å². The minimum Gasteiger partial charge on any atom is -0.482 e. The first kappa shape index (κ1) is 16.7. The van der Waals surface area contributed by atoms with Crippen LogP contribution in [-0.4, -0.2) is 26.1 Å². The predicted molar refractivity (Wildman–Crippen MR) is 76.7 cm³/mol. The molecular formula is C14H11F2NO5S. The van der Waals surface area contributed by atoms with Crippen LogP contribution in [0, 0.1) is 11.6 Å². The molecule has 2 rings (SSSR count). The van der Waals surface area contributed by atoms with E-state index in [9.17, 15) is 22.0 Å². The lowest BCUT2D eigenvalue weighted by Crippen LogP contribution is -2.13. The van der Waals surface area contributed by atoms with Crippen molar-refractivity contribution < 1.29 is 31.8 Å². The van der Waals surface area contributed by atoms with Crippen molar-refractivity contribution >= 4 is 21.7 Å². The number of carboxylic acid groups (broad SMARTS) is 1. The molecule has 0 atom stereocenters. The zero-order valence-corrected chi connectivity index (χ0v) is 12.3. The van der Waals surface area contributed by atoms with Crippen molar-refractivity contribution in [3.8, 4) is 5.75 Å². The van der Waals surface area contributed by atoms with E-state index in [2.05, 4.69) is 0 Å². The predicted octanol–water partition coefficient (Wildman–Crippen LogP) is 2.23. The van der Waals surface area contributed by atoms with Crippen LogP contribution in [0.3, 0.4) is 0 Å². The van der Waals surface area contributed by atoms with Gasteiger partial charge in [-0.3, -0.25) is 4.72 Å². The van der Waals surface area contributed by atoms with E-state index in [0.29, 0.717) is 6.07 Å². The second-order valence-corrected chi connectivity index (χ2v) is 6.10. The minimum absolute atomic E-state index is 0.170. The van der Waals surface area contributed by atoms with E-state index in [1.54, 1.807) is 0 Å². The maximum Gasteiger partial charge on any atom is 0.341 e. The maximum atomic E-state index is 13.1. The number of halogens is 2. The van der Waals surface area contributed by atoms with Gasteiger partial charge in [-0.15, -0.1) is 0 Å². The Bertz CT molecular complexity index is 801. The van der Waals surface area contributed by atoms with Gasteiger partial charge in [0.1, 0.15) is 17.4 Å². The summed E-state index contributed by atoms with van der Waals surface area (Å²) in [4.78, 5) is 10.2. The standard InChI is InChI=1S/C14H11F2NO5S/c15-9-5-10(16)7-11(6-9)17-23(20,21)13-3-1-12(2-4-13)22-8-14(18)19/h1-7,17H,8H2,(H,18,19). The number of anilines is 1. The molecule has 0 saturated heterocycles. The highest BCUT2D eigenvalue weighted by molar-refractivity contribution is 7.92. The smallest absolute Gasteiger partial charge is 0.341 e. The Labute approximate surface area is 130 Å². The summed E-state index contributed by atoms with van der Waals surface area (Å²) >= 11 is 0. The number of carbonyl (C=O) groups is 1. The Kier molecular flexibility index (Phi) is 4.80. The number of nitrogens with one attached hydrogen (secondary N) is 1. The number of aliphatic carboxylic acids is 1. The monoisotopic (exact) mass is 343 g/mol. The van der Waals surface area contributed by atoms with E-state index in [0.717, 1.165) is 12.1 Å². The van der Waals surface area contributed by atoms with Gasteiger partial charge in [0, 0.05) is 6.07 Å². The molecule has 2 aromatic carbocycles. The lowest BCUT2D eigenvalue weighted by molar-refractivity contribution is -0.139. The summed E-state index contributed by atoms with van der Waals surface area (Å²) in [6.45, 7) is -0.563. The van der Waals surface area contributed by atoms with Gasteiger partial charge in [0.05, 0.1) is 10.6 Å². The molecule has 0 aliphatic carbocycles. The number of ether oxygens (including phenoxy) is 1. The Morgan fingerprint density at radius 1 is 1.09 bits per heavy atom. The third-order valence-corrected chi connectivity index (χ3v) is 4.01. The first-order chi connectivity index (χ1) is 10.8. The Morgan fingerprint density at radius 3 is 2.17 bits per heavy atom. The topological polar surface area (TPSA) is 92.7 Å². The van der Waals surface area contributed by atoms with Crippen LogP contribution in [0.5, 0.6) is 5.75 Å². The molecule has 6 nitrogen and oxygen atoms in total. The number of benzene rings is 2. The van der Waals surface area contributed by atoms with Crippen molar-refractivity contribution in [2.24, 2.45) is 0 Å². The van der Waals surface area contributed by atoms with Crippen molar-refractivity contribution in [1.82, 2.24) is 0 Å². The first-order valence-electron chi connectivity index (χ1n) is 6.20. The van der Waals surface area contributed by atoms with Gasteiger partial charge in [-0.2, -0.15) is 0 Å². The molecule has 2 aromatic rings. The Hall–Kier alpha value is -2.68. The summed E-state index contributed by atoms with van der Waals surface area (Å²) in [6, 6.07) is 7.18. The molecule has 0 saturated carbocycles. The fourth-order valence-electron chi connectivity index (χ4n) is 1.69. The molecule has 0 fully saturated rings. The zero-order chi connectivity index (χ0) is 17.0. The van der Waals surface area contributed by atoms with Crippen molar-refractivity contribution in [2.75, 3.05) is 11.3 Å². The number of hydrogen-bond donors (Lipinski definition) is 2. The minimum atomic E-state index is -4.05. The van der Waals surface area contributed by atoms with Crippen molar-refractivity contribution in [3.05, 3.63) is 54.1 Å². The summed E-state index contributed by atoms with van der Waals surface area (Å²) in [5, 5.41) is 8.48. The second kappa shape index (κ2) is 6.61. The van der Waals surface area contributed by atoms with Gasteiger partial charge >= 0.3 is 5.97 Å². The van der Waals surface area contributed by atoms with Gasteiger partial charge in [-0.05, 0) is 36.4 Å². The molecule has 0 heterocycles. The summed E-state index contributed by atoms with van der Waals surface area (Å²) in [6.07, 6.45) is 0. The van der Waals surface area contributed by atoms with E-state index >= 15 is 0 Å². The summed E-state index contributed by atoms with van der Waals surface area (Å²) in [5.41, 5.74) is -0.256. The van der Waals surface area contributed by atoms with Gasteiger partial charge in [0.25, 0.3) is 10.0 Å². The number of rotatable bonds is 6. The molecule has 0 aliphatic rings. The highest BCUT2D eigenvalue weighted by atomic mass is 32.2. The fraction of sp³-hybridized carbons (Fsp3) is 0.0714. The van der Waals surface area contributed by atoms with Crippen LogP contribution >= 0.6 is 0 Å². The molecule has 2 N–H and O–H groups in total. The van der Waals surface area contributed by atoms with Crippen LogP contribution in [0.2, 0.25) is 0 Å². The molecule has 0 radical (unpaired) electrons. The van der Waals surface area contributed by atoms with E-state index in [1.165, 1.54) is 24.3 Å². The van der Waals surface area contributed by atoms with Crippen LogP contribution in [0.25, 0.3) is 0 Å². The first-order valence-corrected chi connectivity index (χ1v) is 7.68. The second-order valence-electron chi connectivity index (χ2n) is 4.42. The normalized spacial score (nSPS) is 11.0. The van der Waals surface area contributed by atoms with Gasteiger partial charge in [0.2, 0.25) is 0 Å². The van der Waals surface area contributed by atoms with E-state index < -0.39 is 34.2 Å². The summed E-state index contributed by atoms with van der Waals surface area (Å²) in [5.74, 6) is -2.83. The Balaban J connectivity index is 2.17. The molecule has 0 unspecified atom stereocenters. The molecule has 0 spiro atoms. The molecule has 0 aromatic heterocycles. The van der Waals surface area contributed by atoms with Gasteiger partial charge in [0.15, 0.2) is 6.61 Å². The SMILES string of the molecule is O=C(O)COc1ccc(S(=O)(=O)Nc2cc(F)cc(F)c2)cc1. The number of hydrogen-bond acceptors (Lipinski definition) is 4. The highest BCUT2D eigenvalue weighted by Crippen LogP contribution is 2.20. The maximum absolute atomic E-state index is 13.1. The molecule has 0 amide bonds. The third kappa shape index (κ3) is 4.65. The van der Waals surface area contributed by atoms with Crippen molar-refractivity contribution in [1.29, 1.82) is 0 Å². The lowest BCUT2D eigenvalue weighted by Gasteiger charge is -2.09. The van der Waals surface area contributed by atoms with E-state index in [-0.39, 0.29) is 16.3 Å². The van der Waals surface area contributed by atoms with Crippen molar-refractivity contribution in [3.63, 3.8) is 0 Å². The van der Waals surface area contributed by atoms with Crippen molar-refractivity contribution in [2.45, 2.75) is 4.90 Å². The number of carboxylic acids is 1. The highest BCUT2D eigenvalue weighted by Gasteiger charge is 2.15.